The van der Waals surface area contributed by atoms with Crippen LogP contribution in [0.25, 0.3) is 0 Å². The van der Waals surface area contributed by atoms with E-state index in [1.54, 1.807) is 18.2 Å². The molecular weight excluding hydrogens is 342 g/mol. The topological polar surface area (TPSA) is 90.4 Å². The molecule has 1 aliphatic carbocycles. The number of aryl methyl sites for hydroxylation is 2. The lowest BCUT2D eigenvalue weighted by molar-refractivity contribution is 0.0949. The maximum Gasteiger partial charge on any atom is 0.251 e. The first-order chi connectivity index (χ1) is 11.5. The molecule has 136 valence electrons. The third-order valence-corrected chi connectivity index (χ3v) is 4.39. The van der Waals surface area contributed by atoms with Gasteiger partial charge in [0.15, 0.2) is 0 Å². The summed E-state index contributed by atoms with van der Waals surface area (Å²) >= 11 is 0. The van der Waals surface area contributed by atoms with E-state index >= 15 is 0 Å². The van der Waals surface area contributed by atoms with E-state index in [9.17, 15) is 4.79 Å². The number of nitrogens with zero attached hydrogens (tertiary/aromatic N) is 1. The highest BCUT2D eigenvalue weighted by molar-refractivity contribution is 5.94. The van der Waals surface area contributed by atoms with Crippen molar-refractivity contribution in [2.24, 2.45) is 11.7 Å². The molecule has 3 N–H and O–H groups in total. The van der Waals surface area contributed by atoms with Crippen molar-refractivity contribution in [3.63, 3.8) is 0 Å². The van der Waals surface area contributed by atoms with Crippen molar-refractivity contribution in [2.75, 3.05) is 6.54 Å². The van der Waals surface area contributed by atoms with Crippen LogP contribution in [0, 0.1) is 19.8 Å². The second-order valence-corrected chi connectivity index (χ2v) is 6.33. The van der Waals surface area contributed by atoms with Crippen LogP contribution in [0.2, 0.25) is 0 Å². The summed E-state index contributed by atoms with van der Waals surface area (Å²) in [6, 6.07) is 7.17. The number of nitrogens with two attached hydrogens (primary N) is 1. The van der Waals surface area contributed by atoms with Crippen molar-refractivity contribution in [1.29, 1.82) is 0 Å². The molecule has 0 aliphatic heterocycles. The van der Waals surface area contributed by atoms with Gasteiger partial charge in [0, 0.05) is 18.2 Å². The van der Waals surface area contributed by atoms with Crippen molar-refractivity contribution in [3.8, 4) is 5.75 Å². The van der Waals surface area contributed by atoms with E-state index in [4.69, 9.17) is 15.0 Å². The Morgan fingerprint density at radius 3 is 2.84 bits per heavy atom. The highest BCUT2D eigenvalue weighted by atomic mass is 35.5. The largest absolute Gasteiger partial charge is 0.489 e. The zero-order chi connectivity index (χ0) is 17.1. The molecule has 1 fully saturated rings. The number of amides is 1. The predicted molar refractivity (Wildman–Crippen MR) is 97.0 cm³/mol. The minimum absolute atomic E-state index is 0. The Morgan fingerprint density at radius 2 is 2.20 bits per heavy atom. The van der Waals surface area contributed by atoms with E-state index in [0.29, 0.717) is 30.4 Å². The van der Waals surface area contributed by atoms with Crippen LogP contribution in [0.15, 0.2) is 28.8 Å². The third-order valence-electron chi connectivity index (χ3n) is 4.39. The summed E-state index contributed by atoms with van der Waals surface area (Å²) in [7, 11) is 0. The fraction of sp³-hybridized carbons (Fsp3) is 0.444. The minimum atomic E-state index is -0.131. The summed E-state index contributed by atoms with van der Waals surface area (Å²) in [6.07, 6.45) is 2.34. The number of benzene rings is 1. The second kappa shape index (κ2) is 8.36. The first-order valence-corrected chi connectivity index (χ1v) is 8.23. The van der Waals surface area contributed by atoms with Gasteiger partial charge in [-0.05, 0) is 50.8 Å². The highest BCUT2D eigenvalue weighted by Gasteiger charge is 2.28. The van der Waals surface area contributed by atoms with Gasteiger partial charge in [0.2, 0.25) is 0 Å². The van der Waals surface area contributed by atoms with Crippen molar-refractivity contribution < 1.29 is 14.1 Å². The Hall–Kier alpha value is -2.05. The Kier molecular flexibility index (Phi) is 6.45. The Labute approximate surface area is 153 Å². The van der Waals surface area contributed by atoms with Gasteiger partial charge < -0.3 is 20.3 Å². The summed E-state index contributed by atoms with van der Waals surface area (Å²) in [4.78, 5) is 12.2. The lowest BCUT2D eigenvalue weighted by atomic mass is 10.1. The summed E-state index contributed by atoms with van der Waals surface area (Å²) in [5.74, 6) is 1.81. The molecule has 1 saturated carbocycles. The second-order valence-electron chi connectivity index (χ2n) is 6.33. The van der Waals surface area contributed by atoms with Gasteiger partial charge in [-0.25, -0.2) is 0 Å². The van der Waals surface area contributed by atoms with Crippen LogP contribution in [0.4, 0.5) is 0 Å². The SMILES string of the molecule is Cc1noc(C)c1COc1cccc(C(=O)NCC(N)C2CC2)c1.Cl. The molecule has 1 aromatic carbocycles. The van der Waals surface area contributed by atoms with E-state index < -0.39 is 0 Å². The molecule has 7 heteroatoms. The first kappa shape index (κ1) is 19.3. The van der Waals surface area contributed by atoms with Crippen LogP contribution >= 0.6 is 12.4 Å². The van der Waals surface area contributed by atoms with Gasteiger partial charge in [0.1, 0.15) is 18.1 Å². The number of hydrogen-bond acceptors (Lipinski definition) is 5. The van der Waals surface area contributed by atoms with Crippen LogP contribution in [0.1, 0.15) is 40.2 Å². The van der Waals surface area contributed by atoms with Gasteiger partial charge >= 0.3 is 0 Å². The van der Waals surface area contributed by atoms with Gasteiger partial charge in [-0.3, -0.25) is 4.79 Å². The predicted octanol–water partition coefficient (Wildman–Crippen LogP) is 2.76. The summed E-state index contributed by atoms with van der Waals surface area (Å²) in [5.41, 5.74) is 8.32. The van der Waals surface area contributed by atoms with Crippen molar-refractivity contribution in [1.82, 2.24) is 10.5 Å². The van der Waals surface area contributed by atoms with Crippen LogP contribution in [-0.4, -0.2) is 23.7 Å². The van der Waals surface area contributed by atoms with Crippen LogP contribution in [0.3, 0.4) is 0 Å². The van der Waals surface area contributed by atoms with E-state index in [1.807, 2.05) is 19.9 Å². The molecule has 1 heterocycles. The van der Waals surface area contributed by atoms with Crippen molar-refractivity contribution in [2.45, 2.75) is 39.3 Å². The number of rotatable bonds is 7. The monoisotopic (exact) mass is 365 g/mol. The van der Waals surface area contributed by atoms with Crippen LogP contribution in [0.5, 0.6) is 5.75 Å². The molecule has 1 aliphatic rings. The third kappa shape index (κ3) is 4.96. The minimum Gasteiger partial charge on any atom is -0.489 e. The molecule has 2 aromatic rings. The number of carbonyl (C=O) groups excluding carboxylic acids is 1. The maximum atomic E-state index is 12.2. The van der Waals surface area contributed by atoms with Gasteiger partial charge in [-0.15, -0.1) is 12.4 Å². The van der Waals surface area contributed by atoms with Crippen LogP contribution < -0.4 is 15.8 Å². The standard InChI is InChI=1S/C18H23N3O3.ClH/c1-11-16(12(2)24-21-11)10-23-15-5-3-4-14(8-15)18(22)20-9-17(19)13-6-7-13;/h3-5,8,13,17H,6-7,9-10,19H2,1-2H3,(H,20,22);1H. The van der Waals surface area contributed by atoms with Gasteiger partial charge in [-0.1, -0.05) is 11.2 Å². The van der Waals surface area contributed by atoms with Crippen molar-refractivity contribution in [3.05, 3.63) is 46.8 Å². The normalized spacial score (nSPS) is 14.5. The van der Waals surface area contributed by atoms with Crippen LogP contribution in [-0.2, 0) is 6.61 Å². The molecule has 0 bridgehead atoms. The summed E-state index contributed by atoms with van der Waals surface area (Å²) < 4.78 is 10.9. The van der Waals surface area contributed by atoms with Gasteiger partial charge in [0.05, 0.1) is 11.3 Å². The molecule has 1 aromatic heterocycles. The summed E-state index contributed by atoms with van der Waals surface area (Å²) in [6.45, 7) is 4.60. The zero-order valence-electron chi connectivity index (χ0n) is 14.5. The Morgan fingerprint density at radius 1 is 1.44 bits per heavy atom. The zero-order valence-corrected chi connectivity index (χ0v) is 15.3. The lowest BCUT2D eigenvalue weighted by Gasteiger charge is -2.12. The van der Waals surface area contributed by atoms with Gasteiger partial charge in [-0.2, -0.15) is 0 Å². The quantitative estimate of drug-likeness (QED) is 0.787. The Balaban J connectivity index is 0.00000225. The average Bonchev–Trinajstić information content (AvgIpc) is 3.38. The van der Waals surface area contributed by atoms with E-state index in [1.165, 1.54) is 12.8 Å². The molecule has 25 heavy (non-hydrogen) atoms. The first-order valence-electron chi connectivity index (χ1n) is 8.23. The van der Waals surface area contributed by atoms with Crippen molar-refractivity contribution >= 4 is 18.3 Å². The molecule has 1 atom stereocenters. The van der Waals surface area contributed by atoms with Gasteiger partial charge in [0.25, 0.3) is 5.91 Å². The molecule has 0 spiro atoms. The van der Waals surface area contributed by atoms with E-state index in [-0.39, 0.29) is 24.4 Å². The fourth-order valence-corrected chi connectivity index (χ4v) is 2.59. The lowest BCUT2D eigenvalue weighted by Crippen LogP contribution is -2.38. The molecule has 1 unspecified atom stereocenters. The highest BCUT2D eigenvalue weighted by Crippen LogP contribution is 2.31. The summed E-state index contributed by atoms with van der Waals surface area (Å²) in [5, 5.41) is 6.79. The molecule has 3 rings (SSSR count). The molecular formula is C18H24ClN3O3. The number of nitrogens with one attached hydrogen (secondary N) is 1. The molecule has 6 nitrogen and oxygen atoms in total. The molecule has 0 radical (unpaired) electrons. The molecule has 0 saturated heterocycles. The number of aromatic nitrogens is 1. The number of ether oxygens (including phenoxy) is 1. The fourth-order valence-electron chi connectivity index (χ4n) is 2.59. The smallest absolute Gasteiger partial charge is 0.251 e. The maximum absolute atomic E-state index is 12.2. The molecule has 1 amide bonds. The average molecular weight is 366 g/mol. The number of carbonyl (C=O) groups is 1. The number of halogens is 1. The van der Waals surface area contributed by atoms with E-state index in [0.717, 1.165) is 17.0 Å². The van der Waals surface area contributed by atoms with E-state index in [2.05, 4.69) is 10.5 Å². The Bertz CT molecular complexity index is 709. The number of hydrogen-bond donors (Lipinski definition) is 2.